The first-order valence-corrected chi connectivity index (χ1v) is 22.0. The minimum absolute atomic E-state index is 0.0974. The van der Waals surface area contributed by atoms with Gasteiger partial charge in [0.2, 0.25) is 0 Å². The molecule has 4 heterocycles. The number of benzene rings is 7. The molecular weight excluding hydrogens is 901 g/mol. The van der Waals surface area contributed by atoms with Gasteiger partial charge in [0.15, 0.2) is 11.6 Å². The summed E-state index contributed by atoms with van der Waals surface area (Å²) in [5, 5.41) is 13.8. The van der Waals surface area contributed by atoms with E-state index in [1.54, 1.807) is 38.1 Å². The van der Waals surface area contributed by atoms with E-state index in [4.69, 9.17) is 0 Å². The Labute approximate surface area is 395 Å². The lowest BCUT2D eigenvalue weighted by Crippen LogP contribution is -2.11. The number of aromatic nitrogens is 8. The molecule has 0 saturated carbocycles. The number of nitriles is 1. The van der Waals surface area contributed by atoms with Gasteiger partial charge in [0.05, 0.1) is 56.2 Å². The molecular formula is C55H35F6N9. The quantitative estimate of drug-likeness (QED) is 0.153. The summed E-state index contributed by atoms with van der Waals surface area (Å²) in [6, 6.07) is 41.2. The number of aryl methyl sites for hydroxylation is 4. The maximum absolute atomic E-state index is 14.4. The maximum Gasteiger partial charge on any atom is 0.416 e. The van der Waals surface area contributed by atoms with E-state index >= 15 is 0 Å². The average molecular weight is 936 g/mol. The Hall–Kier alpha value is -8.77. The maximum atomic E-state index is 14.4. The van der Waals surface area contributed by atoms with Crippen molar-refractivity contribution in [3.05, 3.63) is 180 Å². The van der Waals surface area contributed by atoms with Crippen LogP contribution in [0.4, 0.5) is 26.3 Å². The van der Waals surface area contributed by atoms with E-state index in [9.17, 15) is 31.6 Å². The van der Waals surface area contributed by atoms with Gasteiger partial charge >= 0.3 is 12.4 Å². The van der Waals surface area contributed by atoms with Crippen molar-refractivity contribution in [3.8, 4) is 62.5 Å². The Balaban J connectivity index is 1.22. The molecule has 11 rings (SSSR count). The van der Waals surface area contributed by atoms with Crippen LogP contribution in [0, 0.1) is 39.0 Å². The lowest BCUT2D eigenvalue weighted by molar-refractivity contribution is -0.143. The van der Waals surface area contributed by atoms with Crippen molar-refractivity contribution < 1.29 is 26.3 Å². The van der Waals surface area contributed by atoms with Crippen LogP contribution in [-0.4, -0.2) is 39.0 Å². The normalized spacial score (nSPS) is 12.1. The zero-order chi connectivity index (χ0) is 48.8. The molecule has 0 saturated heterocycles. The first-order chi connectivity index (χ1) is 33.5. The van der Waals surface area contributed by atoms with Crippen LogP contribution in [0.25, 0.3) is 100 Å². The molecule has 0 radical (unpaired) electrons. The molecule has 0 amide bonds. The largest absolute Gasteiger partial charge is 0.416 e. The molecule has 342 valence electrons. The molecule has 0 fully saturated rings. The highest BCUT2D eigenvalue weighted by atomic mass is 19.4. The number of nitrogens with zero attached hydrogens (tertiary/aromatic N) is 9. The van der Waals surface area contributed by atoms with Crippen molar-refractivity contribution in [1.29, 1.82) is 5.26 Å². The molecule has 70 heavy (non-hydrogen) atoms. The van der Waals surface area contributed by atoms with Gasteiger partial charge in [-0.15, -0.1) is 0 Å². The van der Waals surface area contributed by atoms with Crippen molar-refractivity contribution in [2.75, 3.05) is 0 Å². The monoisotopic (exact) mass is 935 g/mol. The lowest BCUT2D eigenvalue weighted by Gasteiger charge is -2.20. The Kier molecular flexibility index (Phi) is 10.1. The third kappa shape index (κ3) is 7.54. The summed E-state index contributed by atoms with van der Waals surface area (Å²) >= 11 is 0. The zero-order valence-electron chi connectivity index (χ0n) is 37.6. The number of alkyl halides is 6. The molecule has 0 N–H and O–H groups in total. The first-order valence-electron chi connectivity index (χ1n) is 22.0. The molecule has 15 heteroatoms. The van der Waals surface area contributed by atoms with Crippen LogP contribution in [0.3, 0.4) is 0 Å². The highest BCUT2D eigenvalue weighted by Crippen LogP contribution is 2.45. The Bertz CT molecular complexity index is 3940. The summed E-state index contributed by atoms with van der Waals surface area (Å²) in [6.07, 6.45) is -10.1. The first kappa shape index (κ1) is 43.8. The van der Waals surface area contributed by atoms with Gasteiger partial charge in [-0.2, -0.15) is 31.6 Å². The van der Waals surface area contributed by atoms with E-state index in [-0.39, 0.29) is 17.2 Å². The Morgan fingerprint density at radius 3 is 1.34 bits per heavy atom. The van der Waals surface area contributed by atoms with E-state index in [0.29, 0.717) is 79.6 Å². The minimum atomic E-state index is -5.07. The topological polar surface area (TPSA) is 111 Å². The fraction of sp³-hybridized carbons (Fsp3) is 0.109. The van der Waals surface area contributed by atoms with Crippen LogP contribution in [-0.2, 0) is 12.4 Å². The molecule has 4 aromatic heterocycles. The molecule has 9 nitrogen and oxygen atoms in total. The number of fused-ring (bicyclic) bond motifs is 6. The highest BCUT2D eigenvalue weighted by molar-refractivity contribution is 6.12. The van der Waals surface area contributed by atoms with Gasteiger partial charge in [0.1, 0.15) is 23.3 Å². The standard InChI is InChI=1S/C55H35F6N9/c1-29-63-30(2)66-52(65-29)35-15-19-49-44(24-35)40-9-5-7-11-46(40)69(49)48-18-13-33(28-62)21-43(48)42-17-14-34(37-22-38(54(56,57)58)27-39(23-37)55(59,60)61)26-51(42)70-47-12-8-6-10-41(47)45-25-36(16-20-50(45)70)53-67-31(3)64-32(4)68-53/h5-27H,1-4H3. The van der Waals surface area contributed by atoms with Crippen molar-refractivity contribution >= 4 is 43.6 Å². The lowest BCUT2D eigenvalue weighted by atomic mass is 9.93. The summed E-state index contributed by atoms with van der Waals surface area (Å²) in [7, 11) is 0. The van der Waals surface area contributed by atoms with E-state index < -0.39 is 23.5 Å². The molecule has 0 aliphatic heterocycles. The van der Waals surface area contributed by atoms with Crippen LogP contribution in [0.1, 0.15) is 40.0 Å². The van der Waals surface area contributed by atoms with E-state index in [1.165, 1.54) is 6.07 Å². The number of rotatable bonds is 6. The summed E-state index contributed by atoms with van der Waals surface area (Å²) in [4.78, 5) is 27.1. The van der Waals surface area contributed by atoms with E-state index in [2.05, 4.69) is 40.5 Å². The molecule has 11 aromatic rings. The number of para-hydroxylation sites is 2. The molecule has 0 aliphatic carbocycles. The van der Waals surface area contributed by atoms with Crippen LogP contribution >= 0.6 is 0 Å². The smallest absolute Gasteiger partial charge is 0.309 e. The van der Waals surface area contributed by atoms with Crippen LogP contribution in [0.2, 0.25) is 0 Å². The van der Waals surface area contributed by atoms with Crippen LogP contribution in [0.15, 0.2) is 140 Å². The van der Waals surface area contributed by atoms with Gasteiger partial charge in [0.25, 0.3) is 0 Å². The second kappa shape index (κ2) is 16.2. The predicted octanol–water partition coefficient (Wildman–Crippen LogP) is 14.1. The number of hydrogen-bond donors (Lipinski definition) is 0. The summed E-state index contributed by atoms with van der Waals surface area (Å²) in [6.45, 7) is 7.19. The SMILES string of the molecule is Cc1nc(C)nc(-c2ccc3c(c2)c2ccccc2n3-c2ccc(C#N)cc2-c2ccc(-c3cc(C(F)(F)F)cc(C(F)(F)F)c3)cc2-n2c3ccccc3c3cc(-c4nc(C)nc(C)n4)ccc32)n1. The van der Waals surface area contributed by atoms with Crippen molar-refractivity contribution in [2.24, 2.45) is 0 Å². The van der Waals surface area contributed by atoms with Gasteiger partial charge in [-0.25, -0.2) is 29.9 Å². The van der Waals surface area contributed by atoms with Crippen LogP contribution < -0.4 is 0 Å². The minimum Gasteiger partial charge on any atom is -0.309 e. The second-order valence-electron chi connectivity index (χ2n) is 17.0. The fourth-order valence-corrected chi connectivity index (χ4v) is 9.49. The number of halogens is 6. The van der Waals surface area contributed by atoms with Gasteiger partial charge in [0, 0.05) is 43.8 Å². The number of hydrogen-bond acceptors (Lipinski definition) is 7. The summed E-state index contributed by atoms with van der Waals surface area (Å²) in [5.74, 6) is 3.24. The molecule has 0 atom stereocenters. The zero-order valence-corrected chi connectivity index (χ0v) is 37.6. The van der Waals surface area contributed by atoms with Gasteiger partial charge < -0.3 is 9.13 Å². The molecule has 0 unspecified atom stereocenters. The third-order valence-electron chi connectivity index (χ3n) is 12.4. The fourth-order valence-electron chi connectivity index (χ4n) is 9.49. The van der Waals surface area contributed by atoms with Crippen molar-refractivity contribution in [2.45, 2.75) is 40.0 Å². The average Bonchev–Trinajstić information content (AvgIpc) is 3.84. The Morgan fingerprint density at radius 2 is 0.857 bits per heavy atom. The van der Waals surface area contributed by atoms with E-state index in [1.807, 2.05) is 109 Å². The van der Waals surface area contributed by atoms with Gasteiger partial charge in [-0.1, -0.05) is 48.5 Å². The molecule has 0 bridgehead atoms. The van der Waals surface area contributed by atoms with Crippen molar-refractivity contribution in [1.82, 2.24) is 39.0 Å². The van der Waals surface area contributed by atoms with Gasteiger partial charge in [-0.05, 0) is 130 Å². The Morgan fingerprint density at radius 1 is 0.400 bits per heavy atom. The molecule has 0 spiro atoms. The van der Waals surface area contributed by atoms with E-state index in [0.717, 1.165) is 50.3 Å². The van der Waals surface area contributed by atoms with Crippen molar-refractivity contribution in [3.63, 3.8) is 0 Å². The predicted molar refractivity (Wildman–Crippen MR) is 257 cm³/mol. The second-order valence-corrected chi connectivity index (χ2v) is 17.0. The summed E-state index contributed by atoms with van der Waals surface area (Å²) in [5.41, 5.74) is 3.95. The molecule has 0 aliphatic rings. The van der Waals surface area contributed by atoms with Crippen LogP contribution in [0.5, 0.6) is 0 Å². The van der Waals surface area contributed by atoms with Gasteiger partial charge in [-0.3, -0.25) is 0 Å². The highest BCUT2D eigenvalue weighted by Gasteiger charge is 2.37. The summed E-state index contributed by atoms with van der Waals surface area (Å²) < 4.78 is 90.3. The third-order valence-corrected chi connectivity index (χ3v) is 12.4. The molecule has 7 aromatic carbocycles.